The van der Waals surface area contributed by atoms with E-state index in [1.54, 1.807) is 0 Å². The van der Waals surface area contributed by atoms with Gasteiger partial charge in [0.2, 0.25) is 15.6 Å². The quantitative estimate of drug-likeness (QED) is 0.218. The monoisotopic (exact) mass is 192 g/mol. The Labute approximate surface area is 68.8 Å². The van der Waals surface area contributed by atoms with Gasteiger partial charge >= 0.3 is 5.97 Å². The van der Waals surface area contributed by atoms with Gasteiger partial charge in [-0.15, -0.1) is 11.2 Å². The molecule has 0 N–H and O–H groups in total. The summed E-state index contributed by atoms with van der Waals surface area (Å²) >= 11 is 1.09. The van der Waals surface area contributed by atoms with Crippen LogP contribution in [0.5, 0.6) is 0 Å². The first-order chi connectivity index (χ1) is 4.63. The van der Waals surface area contributed by atoms with E-state index in [2.05, 4.69) is 11.0 Å². The Morgan fingerprint density at radius 2 is 2.00 bits per heavy atom. The third-order valence-corrected chi connectivity index (χ3v) is 2.96. The molecule has 0 aromatic carbocycles. The molecule has 0 rings (SSSR count). The number of carbonyl (C=O) groups is 2. The van der Waals surface area contributed by atoms with E-state index in [1.807, 2.05) is 0 Å². The number of hydrogen-bond donors (Lipinski definition) is 0. The SMILES string of the molecule is C=C(C(=O)O[SiH3])C(=O)S[SiH3]. The maximum Gasteiger partial charge on any atom is 0.328 e. The Bertz CT molecular complexity index is 161. The fraction of sp³-hybridized carbons (Fsp3) is 0. The highest BCUT2D eigenvalue weighted by molar-refractivity contribution is 8.31. The molecule has 0 aliphatic heterocycles. The molecule has 0 saturated heterocycles. The molecule has 0 amide bonds. The summed E-state index contributed by atoms with van der Waals surface area (Å²) in [6, 6.07) is 0. The molecule has 56 valence electrons. The van der Waals surface area contributed by atoms with Crippen LogP contribution in [0.15, 0.2) is 12.2 Å². The van der Waals surface area contributed by atoms with E-state index in [-0.39, 0.29) is 10.7 Å². The number of hydrogen-bond acceptors (Lipinski definition) is 4. The predicted octanol–water partition coefficient (Wildman–Crippen LogP) is -2.09. The van der Waals surface area contributed by atoms with Gasteiger partial charge in [0.25, 0.3) is 0 Å². The minimum absolute atomic E-state index is 0.0463. The normalized spacial score (nSPS) is 9.20. The van der Waals surface area contributed by atoms with Crippen LogP contribution < -0.4 is 0 Å². The first kappa shape index (κ1) is 9.66. The second-order valence-electron chi connectivity index (χ2n) is 1.46. The highest BCUT2D eigenvalue weighted by Gasteiger charge is 2.13. The highest BCUT2D eigenvalue weighted by atomic mass is 32.4. The molecule has 0 fully saturated rings. The van der Waals surface area contributed by atoms with Crippen LogP contribution in [0.4, 0.5) is 0 Å². The van der Waals surface area contributed by atoms with Crippen molar-refractivity contribution >= 4 is 42.2 Å². The van der Waals surface area contributed by atoms with E-state index in [9.17, 15) is 9.59 Å². The first-order valence-corrected chi connectivity index (χ1v) is 6.98. The molecule has 0 saturated carbocycles. The molecule has 0 aliphatic rings. The molecule has 0 bridgehead atoms. The van der Waals surface area contributed by atoms with Crippen LogP contribution in [-0.2, 0) is 14.0 Å². The summed E-state index contributed by atoms with van der Waals surface area (Å²) < 4.78 is 4.42. The van der Waals surface area contributed by atoms with Crippen LogP contribution in [-0.4, -0.2) is 31.0 Å². The van der Waals surface area contributed by atoms with E-state index in [0.29, 0.717) is 19.9 Å². The van der Waals surface area contributed by atoms with Crippen LogP contribution in [0.3, 0.4) is 0 Å². The van der Waals surface area contributed by atoms with Gasteiger partial charge in [0.15, 0.2) is 0 Å². The van der Waals surface area contributed by atoms with Crippen LogP contribution in [0, 0.1) is 0 Å². The van der Waals surface area contributed by atoms with Gasteiger partial charge in [-0.2, -0.15) is 0 Å². The second-order valence-corrected chi connectivity index (χ2v) is 3.87. The lowest BCUT2D eigenvalue weighted by atomic mass is 10.3. The molecule has 0 atom stereocenters. The summed E-state index contributed by atoms with van der Waals surface area (Å²) in [5, 5.41) is -0.271. The smallest absolute Gasteiger partial charge is 0.328 e. The summed E-state index contributed by atoms with van der Waals surface area (Å²) in [4.78, 5) is 21.3. The summed E-state index contributed by atoms with van der Waals surface area (Å²) in [6.45, 7) is 3.30. The summed E-state index contributed by atoms with van der Waals surface area (Å²) in [7, 11) is 0.987. The molecule has 0 spiro atoms. The minimum atomic E-state index is -0.583. The second kappa shape index (κ2) is 4.47. The molecule has 0 aliphatic carbocycles. The van der Waals surface area contributed by atoms with Gasteiger partial charge in [0, 0.05) is 0 Å². The molecule has 0 aromatic heterocycles. The minimum Gasteiger partial charge on any atom is -0.525 e. The van der Waals surface area contributed by atoms with E-state index in [4.69, 9.17) is 0 Å². The first-order valence-electron chi connectivity index (χ1n) is 2.49. The Morgan fingerprint density at radius 3 is 2.30 bits per heavy atom. The van der Waals surface area contributed by atoms with Gasteiger partial charge in [-0.05, 0) is 0 Å². The molecule has 6 heteroatoms. The van der Waals surface area contributed by atoms with Gasteiger partial charge in [-0.25, -0.2) is 4.79 Å². The summed E-state index contributed by atoms with van der Waals surface area (Å²) in [5.74, 6) is -0.583. The zero-order chi connectivity index (χ0) is 8.15. The van der Waals surface area contributed by atoms with Crippen molar-refractivity contribution in [1.29, 1.82) is 0 Å². The average molecular weight is 192 g/mol. The van der Waals surface area contributed by atoms with Gasteiger partial charge in [0.1, 0.15) is 5.57 Å². The molecule has 0 heterocycles. The third-order valence-electron chi connectivity index (χ3n) is 0.864. The number of carbonyl (C=O) groups excluding carboxylic acids is 2. The lowest BCUT2D eigenvalue weighted by molar-refractivity contribution is -0.130. The maximum absolute atomic E-state index is 10.7. The van der Waals surface area contributed by atoms with Crippen molar-refractivity contribution in [3.05, 3.63) is 12.2 Å². The van der Waals surface area contributed by atoms with Gasteiger partial charge in [0.05, 0.1) is 9.39 Å². The van der Waals surface area contributed by atoms with Crippen LogP contribution in [0.1, 0.15) is 0 Å². The van der Waals surface area contributed by atoms with Crippen LogP contribution in [0.25, 0.3) is 0 Å². The van der Waals surface area contributed by atoms with Gasteiger partial charge in [-0.3, -0.25) is 4.79 Å². The van der Waals surface area contributed by atoms with Crippen molar-refractivity contribution in [2.24, 2.45) is 0 Å². The Morgan fingerprint density at radius 1 is 1.50 bits per heavy atom. The highest BCUT2D eigenvalue weighted by Crippen LogP contribution is 2.04. The molecule has 10 heavy (non-hydrogen) atoms. The van der Waals surface area contributed by atoms with Crippen molar-refractivity contribution in [2.75, 3.05) is 0 Å². The summed E-state index contributed by atoms with van der Waals surface area (Å²) in [5.41, 5.74) is -0.0463. The predicted molar refractivity (Wildman–Crippen MR) is 47.7 cm³/mol. The Hall–Kier alpha value is -0.336. The van der Waals surface area contributed by atoms with E-state index in [0.717, 1.165) is 11.2 Å². The standard InChI is InChI=1S/C4H8O3SSi2/c1-2(3(5)7-9)4(6)8-10/h1H2,9-10H3. The average Bonchev–Trinajstić information content (AvgIpc) is 2.00. The topological polar surface area (TPSA) is 43.4 Å². The third kappa shape index (κ3) is 2.50. The van der Waals surface area contributed by atoms with E-state index in [1.165, 1.54) is 0 Å². The van der Waals surface area contributed by atoms with Crippen molar-refractivity contribution in [2.45, 2.75) is 0 Å². The van der Waals surface area contributed by atoms with E-state index >= 15 is 0 Å². The molecular weight excluding hydrogens is 184 g/mol. The number of rotatable bonds is 2. The molecule has 0 radical (unpaired) electrons. The van der Waals surface area contributed by atoms with E-state index < -0.39 is 5.97 Å². The van der Waals surface area contributed by atoms with Crippen molar-refractivity contribution in [3.8, 4) is 0 Å². The molecule has 0 aromatic rings. The van der Waals surface area contributed by atoms with Crippen molar-refractivity contribution < 1.29 is 14.0 Å². The van der Waals surface area contributed by atoms with Gasteiger partial charge < -0.3 is 4.43 Å². The molecular formula is C4H8O3SSi2. The Kier molecular flexibility index (Phi) is 4.32. The molecule has 0 unspecified atom stereocenters. The van der Waals surface area contributed by atoms with Crippen LogP contribution >= 0.6 is 11.2 Å². The fourth-order valence-corrected chi connectivity index (χ4v) is 1.65. The van der Waals surface area contributed by atoms with Gasteiger partial charge in [-0.1, -0.05) is 6.58 Å². The van der Waals surface area contributed by atoms with Crippen LogP contribution in [0.2, 0.25) is 0 Å². The Balaban J connectivity index is 4.09. The van der Waals surface area contributed by atoms with Crippen molar-refractivity contribution in [1.82, 2.24) is 0 Å². The zero-order valence-electron chi connectivity index (χ0n) is 5.84. The zero-order valence-corrected chi connectivity index (χ0v) is 10.7. The lowest BCUT2D eigenvalue weighted by Gasteiger charge is -1.98. The molecule has 3 nitrogen and oxygen atoms in total. The largest absolute Gasteiger partial charge is 0.525 e. The fourth-order valence-electron chi connectivity index (χ4n) is 0.330. The summed E-state index contributed by atoms with van der Waals surface area (Å²) in [6.07, 6.45) is 0. The lowest BCUT2D eigenvalue weighted by Crippen LogP contribution is -2.10. The maximum atomic E-state index is 10.7. The van der Waals surface area contributed by atoms with Crippen molar-refractivity contribution in [3.63, 3.8) is 0 Å².